The van der Waals surface area contributed by atoms with E-state index in [9.17, 15) is 9.59 Å². The summed E-state index contributed by atoms with van der Waals surface area (Å²) < 4.78 is 0. The highest BCUT2D eigenvalue weighted by atomic mass is 16.2. The zero-order valence-electron chi connectivity index (χ0n) is 12.0. The lowest BCUT2D eigenvalue weighted by Gasteiger charge is -2.43. The third kappa shape index (κ3) is 1.96. The Morgan fingerprint density at radius 3 is 2.53 bits per heavy atom. The molecule has 2 saturated heterocycles. The van der Waals surface area contributed by atoms with Crippen molar-refractivity contribution in [3.63, 3.8) is 0 Å². The molecule has 0 aromatic rings. The number of piperazine rings is 1. The van der Waals surface area contributed by atoms with E-state index in [4.69, 9.17) is 0 Å². The van der Waals surface area contributed by atoms with Crippen molar-refractivity contribution in [2.45, 2.75) is 64.5 Å². The van der Waals surface area contributed by atoms with Gasteiger partial charge < -0.3 is 9.80 Å². The molecule has 3 rings (SSSR count). The summed E-state index contributed by atoms with van der Waals surface area (Å²) in [6.45, 7) is 5.80. The minimum atomic E-state index is -0.203. The Balaban J connectivity index is 1.83. The highest BCUT2D eigenvalue weighted by molar-refractivity contribution is 5.97. The van der Waals surface area contributed by atoms with E-state index in [1.807, 2.05) is 16.7 Å². The number of rotatable bonds is 4. The topological polar surface area (TPSA) is 40.6 Å². The second kappa shape index (κ2) is 4.50. The zero-order valence-corrected chi connectivity index (χ0v) is 12.0. The van der Waals surface area contributed by atoms with Crippen molar-refractivity contribution in [1.82, 2.24) is 9.80 Å². The number of fused-ring (bicyclic) bond motifs is 1. The Morgan fingerprint density at radius 2 is 1.95 bits per heavy atom. The van der Waals surface area contributed by atoms with Gasteiger partial charge in [-0.25, -0.2) is 0 Å². The molecule has 4 nitrogen and oxygen atoms in total. The largest absolute Gasteiger partial charge is 0.329 e. The number of carbonyl (C=O) groups is 2. The number of hydrogen-bond donors (Lipinski definition) is 0. The van der Waals surface area contributed by atoms with Crippen LogP contribution in [0.5, 0.6) is 0 Å². The van der Waals surface area contributed by atoms with Gasteiger partial charge >= 0.3 is 0 Å². The molecule has 2 amide bonds. The lowest BCUT2D eigenvalue weighted by atomic mass is 9.97. The molecular formula is C15H24N2O2. The molecule has 1 aliphatic carbocycles. The van der Waals surface area contributed by atoms with Crippen LogP contribution in [0.3, 0.4) is 0 Å². The molecule has 0 N–H and O–H groups in total. The highest BCUT2D eigenvalue weighted by Gasteiger charge is 2.51. The first-order valence-corrected chi connectivity index (χ1v) is 7.73. The van der Waals surface area contributed by atoms with Crippen LogP contribution in [0.2, 0.25) is 0 Å². The molecule has 106 valence electrons. The summed E-state index contributed by atoms with van der Waals surface area (Å²) >= 11 is 0. The minimum Gasteiger partial charge on any atom is -0.329 e. The maximum Gasteiger partial charge on any atom is 0.246 e. The summed E-state index contributed by atoms with van der Waals surface area (Å²) in [6, 6.07) is -0.353. The Morgan fingerprint density at radius 1 is 1.21 bits per heavy atom. The molecule has 2 aliphatic heterocycles. The van der Waals surface area contributed by atoms with Gasteiger partial charge in [0.2, 0.25) is 11.8 Å². The third-order valence-corrected chi connectivity index (χ3v) is 5.36. The summed E-state index contributed by atoms with van der Waals surface area (Å²) in [5.74, 6) is 0.403. The average molecular weight is 264 g/mol. The normalized spacial score (nSPS) is 32.7. The highest BCUT2D eigenvalue weighted by Crippen LogP contribution is 2.50. The number of amides is 2. The van der Waals surface area contributed by atoms with Gasteiger partial charge in [0.1, 0.15) is 12.1 Å². The molecule has 0 aromatic carbocycles. The molecule has 1 saturated carbocycles. The standard InChI is InChI=1S/C15H24N2O2/c1-3-11-13(18)16-9-5-6-12(16)14(19)17(11)10-15(4-2)7-8-15/h11-12H,3-10H2,1-2H3. The first kappa shape index (κ1) is 12.9. The lowest BCUT2D eigenvalue weighted by molar-refractivity contribution is -0.160. The molecule has 4 heteroatoms. The van der Waals surface area contributed by atoms with Crippen LogP contribution in [-0.4, -0.2) is 46.8 Å². The fraction of sp³-hybridized carbons (Fsp3) is 0.867. The van der Waals surface area contributed by atoms with Gasteiger partial charge in [-0.3, -0.25) is 9.59 Å². The number of nitrogens with zero attached hydrogens (tertiary/aromatic N) is 2. The van der Waals surface area contributed by atoms with Crippen LogP contribution in [-0.2, 0) is 9.59 Å². The second-order valence-corrected chi connectivity index (χ2v) is 6.43. The van der Waals surface area contributed by atoms with Gasteiger partial charge in [0.15, 0.2) is 0 Å². The molecule has 0 radical (unpaired) electrons. The molecule has 3 fully saturated rings. The maximum absolute atomic E-state index is 12.7. The van der Waals surface area contributed by atoms with Crippen molar-refractivity contribution in [1.29, 1.82) is 0 Å². The third-order valence-electron chi connectivity index (χ3n) is 5.36. The van der Waals surface area contributed by atoms with Gasteiger partial charge in [0.25, 0.3) is 0 Å². The summed E-state index contributed by atoms with van der Waals surface area (Å²) in [5, 5.41) is 0. The van der Waals surface area contributed by atoms with Crippen molar-refractivity contribution in [3.05, 3.63) is 0 Å². The van der Waals surface area contributed by atoms with Crippen LogP contribution >= 0.6 is 0 Å². The predicted molar refractivity (Wildman–Crippen MR) is 72.5 cm³/mol. The molecule has 19 heavy (non-hydrogen) atoms. The van der Waals surface area contributed by atoms with Gasteiger partial charge in [0, 0.05) is 13.1 Å². The van der Waals surface area contributed by atoms with Gasteiger partial charge in [-0.15, -0.1) is 0 Å². The number of carbonyl (C=O) groups excluding carboxylic acids is 2. The van der Waals surface area contributed by atoms with E-state index in [0.29, 0.717) is 5.41 Å². The quantitative estimate of drug-likeness (QED) is 0.776. The van der Waals surface area contributed by atoms with Crippen molar-refractivity contribution >= 4 is 11.8 Å². The molecule has 2 heterocycles. The van der Waals surface area contributed by atoms with Crippen LogP contribution in [0.15, 0.2) is 0 Å². The summed E-state index contributed by atoms with van der Waals surface area (Å²) in [7, 11) is 0. The van der Waals surface area contributed by atoms with E-state index in [-0.39, 0.29) is 23.9 Å². The summed E-state index contributed by atoms with van der Waals surface area (Å²) in [5.41, 5.74) is 0.324. The Bertz CT molecular complexity index is 403. The minimum absolute atomic E-state index is 0.150. The maximum atomic E-state index is 12.7. The van der Waals surface area contributed by atoms with Gasteiger partial charge in [0.05, 0.1) is 0 Å². The van der Waals surface area contributed by atoms with Crippen molar-refractivity contribution in [2.75, 3.05) is 13.1 Å². The van der Waals surface area contributed by atoms with E-state index in [1.165, 1.54) is 12.8 Å². The van der Waals surface area contributed by atoms with E-state index >= 15 is 0 Å². The van der Waals surface area contributed by atoms with Crippen LogP contribution < -0.4 is 0 Å². The van der Waals surface area contributed by atoms with E-state index in [2.05, 4.69) is 6.92 Å². The van der Waals surface area contributed by atoms with E-state index in [1.54, 1.807) is 0 Å². The van der Waals surface area contributed by atoms with E-state index in [0.717, 1.165) is 38.8 Å². The Kier molecular flexibility index (Phi) is 3.06. The Labute approximate surface area is 115 Å². The van der Waals surface area contributed by atoms with Crippen LogP contribution in [0, 0.1) is 5.41 Å². The van der Waals surface area contributed by atoms with Crippen molar-refractivity contribution in [3.8, 4) is 0 Å². The monoisotopic (exact) mass is 264 g/mol. The van der Waals surface area contributed by atoms with Crippen molar-refractivity contribution in [2.24, 2.45) is 5.41 Å². The van der Waals surface area contributed by atoms with Gasteiger partial charge in [-0.1, -0.05) is 13.8 Å². The number of hydrogen-bond acceptors (Lipinski definition) is 2. The predicted octanol–water partition coefficient (Wildman–Crippen LogP) is 1.79. The molecular weight excluding hydrogens is 240 g/mol. The van der Waals surface area contributed by atoms with Crippen LogP contribution in [0.25, 0.3) is 0 Å². The molecule has 0 bridgehead atoms. The lowest BCUT2D eigenvalue weighted by Crippen LogP contribution is -2.63. The molecule has 2 unspecified atom stereocenters. The second-order valence-electron chi connectivity index (χ2n) is 6.43. The summed E-state index contributed by atoms with van der Waals surface area (Å²) in [6.07, 6.45) is 6.13. The fourth-order valence-corrected chi connectivity index (χ4v) is 3.70. The van der Waals surface area contributed by atoms with E-state index < -0.39 is 0 Å². The Hall–Kier alpha value is -1.06. The average Bonchev–Trinajstić information content (AvgIpc) is 3.01. The van der Waals surface area contributed by atoms with Crippen LogP contribution in [0.4, 0.5) is 0 Å². The van der Waals surface area contributed by atoms with Gasteiger partial charge in [-0.2, -0.15) is 0 Å². The van der Waals surface area contributed by atoms with Crippen LogP contribution in [0.1, 0.15) is 52.4 Å². The first-order chi connectivity index (χ1) is 9.12. The van der Waals surface area contributed by atoms with Crippen molar-refractivity contribution < 1.29 is 9.59 Å². The SMILES string of the molecule is CCC1C(=O)N2CCCC2C(=O)N1CC1(CC)CC1. The molecule has 3 aliphatic rings. The first-order valence-electron chi connectivity index (χ1n) is 7.73. The summed E-state index contributed by atoms with van der Waals surface area (Å²) in [4.78, 5) is 28.9. The molecule has 0 aromatic heterocycles. The zero-order chi connectivity index (χ0) is 13.6. The fourth-order valence-electron chi connectivity index (χ4n) is 3.70. The molecule has 0 spiro atoms. The van der Waals surface area contributed by atoms with Gasteiger partial charge in [-0.05, 0) is 43.9 Å². The smallest absolute Gasteiger partial charge is 0.246 e. The molecule has 2 atom stereocenters.